The molecule has 4 unspecified atom stereocenters. The van der Waals surface area contributed by atoms with Crippen LogP contribution in [0.25, 0.3) is 0 Å². The molecule has 0 spiro atoms. The van der Waals surface area contributed by atoms with Gasteiger partial charge in [-0.3, -0.25) is 4.79 Å². The smallest absolute Gasteiger partial charge is 0.311 e. The molecular weight excluding hydrogens is 456 g/mol. The van der Waals surface area contributed by atoms with Crippen molar-refractivity contribution in [3.8, 4) is 0 Å². The second-order valence-electron chi connectivity index (χ2n) is 11.8. The van der Waals surface area contributed by atoms with Gasteiger partial charge in [0.05, 0.1) is 45.6 Å². The van der Waals surface area contributed by atoms with E-state index in [2.05, 4.69) is 34.6 Å². The monoisotopic (exact) mass is 512 g/mol. The van der Waals surface area contributed by atoms with Gasteiger partial charge in [-0.25, -0.2) is 0 Å². The van der Waals surface area contributed by atoms with Crippen molar-refractivity contribution in [2.45, 2.75) is 118 Å². The molecular formula is C30H56O6. The summed E-state index contributed by atoms with van der Waals surface area (Å²) in [5.41, 5.74) is -0.115. The molecule has 2 rings (SSSR count). The van der Waals surface area contributed by atoms with Crippen molar-refractivity contribution < 1.29 is 28.5 Å². The molecule has 6 heteroatoms. The number of hydrogen-bond acceptors (Lipinski definition) is 6. The van der Waals surface area contributed by atoms with E-state index < -0.39 is 6.29 Å². The zero-order valence-corrected chi connectivity index (χ0v) is 24.1. The maximum atomic E-state index is 13.7. The van der Waals surface area contributed by atoms with Gasteiger partial charge in [0, 0.05) is 0 Å². The number of carbonyl (C=O) groups is 1. The lowest BCUT2D eigenvalue weighted by Gasteiger charge is -2.53. The van der Waals surface area contributed by atoms with Crippen LogP contribution in [0, 0.1) is 22.7 Å². The van der Waals surface area contributed by atoms with E-state index in [9.17, 15) is 4.79 Å². The fraction of sp³-hybridized carbons (Fsp3) is 0.967. The lowest BCUT2D eigenvalue weighted by molar-refractivity contribution is -0.207. The third-order valence-electron chi connectivity index (χ3n) is 9.31. The highest BCUT2D eigenvalue weighted by molar-refractivity contribution is 5.73. The maximum absolute atomic E-state index is 13.7. The SMILES string of the molecule is CC(C)C1(C)CCCCCCCCCCCCC1(C)C(C)C(=O)OC1COCCOCCOCCO1. The summed E-state index contributed by atoms with van der Waals surface area (Å²) >= 11 is 0. The first-order valence-electron chi connectivity index (χ1n) is 14.9. The Morgan fingerprint density at radius 2 is 1.11 bits per heavy atom. The highest BCUT2D eigenvalue weighted by Gasteiger charge is 2.51. The molecule has 0 aromatic carbocycles. The van der Waals surface area contributed by atoms with Crippen LogP contribution in [0.2, 0.25) is 0 Å². The highest BCUT2D eigenvalue weighted by Crippen LogP contribution is 2.56. The van der Waals surface area contributed by atoms with Gasteiger partial charge in [0.2, 0.25) is 6.29 Å². The first-order chi connectivity index (χ1) is 17.3. The molecule has 212 valence electrons. The lowest BCUT2D eigenvalue weighted by atomic mass is 9.51. The van der Waals surface area contributed by atoms with Gasteiger partial charge in [0.25, 0.3) is 0 Å². The molecule has 1 saturated carbocycles. The number of rotatable bonds is 4. The fourth-order valence-corrected chi connectivity index (χ4v) is 6.09. The zero-order chi connectivity index (χ0) is 26.3. The number of carbonyl (C=O) groups excluding carboxylic acids is 1. The Bertz CT molecular complexity index is 584. The Morgan fingerprint density at radius 1 is 0.667 bits per heavy atom. The first kappa shape index (κ1) is 31.5. The van der Waals surface area contributed by atoms with Crippen molar-refractivity contribution in [2.75, 3.05) is 46.2 Å². The Labute approximate surface area is 221 Å². The van der Waals surface area contributed by atoms with E-state index in [1.165, 1.54) is 57.8 Å². The molecule has 2 aliphatic rings. The van der Waals surface area contributed by atoms with Crippen LogP contribution in [0.3, 0.4) is 0 Å². The van der Waals surface area contributed by atoms with E-state index in [0.29, 0.717) is 45.6 Å². The molecule has 0 N–H and O–H groups in total. The summed E-state index contributed by atoms with van der Waals surface area (Å²) in [6, 6.07) is 0. The van der Waals surface area contributed by atoms with E-state index in [-0.39, 0.29) is 29.3 Å². The number of hydrogen-bond donors (Lipinski definition) is 0. The summed E-state index contributed by atoms with van der Waals surface area (Å²) in [5.74, 6) is 0.0643. The van der Waals surface area contributed by atoms with Crippen LogP contribution in [-0.4, -0.2) is 58.5 Å². The fourth-order valence-electron chi connectivity index (χ4n) is 6.09. The van der Waals surface area contributed by atoms with Crippen molar-refractivity contribution in [2.24, 2.45) is 22.7 Å². The van der Waals surface area contributed by atoms with Crippen molar-refractivity contribution in [1.82, 2.24) is 0 Å². The summed E-state index contributed by atoms with van der Waals surface area (Å²) in [6.45, 7) is 14.6. The normalized spacial score (nSPS) is 32.4. The highest BCUT2D eigenvalue weighted by atomic mass is 16.7. The largest absolute Gasteiger partial charge is 0.433 e. The summed E-state index contributed by atoms with van der Waals surface area (Å²) in [6.07, 6.45) is 14.5. The standard InChI is InChI=1S/C30H56O6/c1-25(2)29(4)16-14-12-10-8-6-7-9-11-13-15-17-30(29,5)26(3)28(31)36-27-24-34-21-20-32-18-19-33-22-23-35-27/h25-27H,6-24H2,1-5H3. The topological polar surface area (TPSA) is 63.2 Å². The Balaban J connectivity index is 2.15. The molecule has 4 atom stereocenters. The Kier molecular flexibility index (Phi) is 14.9. The van der Waals surface area contributed by atoms with Crippen LogP contribution in [0.1, 0.15) is 112 Å². The quantitative estimate of drug-likeness (QED) is 0.380. The van der Waals surface area contributed by atoms with E-state index >= 15 is 0 Å². The molecule has 0 radical (unpaired) electrons. The van der Waals surface area contributed by atoms with Gasteiger partial charge < -0.3 is 23.7 Å². The minimum absolute atomic E-state index is 0.0462. The predicted molar refractivity (Wildman–Crippen MR) is 144 cm³/mol. The molecule has 36 heavy (non-hydrogen) atoms. The van der Waals surface area contributed by atoms with Crippen LogP contribution in [0.5, 0.6) is 0 Å². The van der Waals surface area contributed by atoms with Crippen molar-refractivity contribution in [3.05, 3.63) is 0 Å². The molecule has 1 saturated heterocycles. The van der Waals surface area contributed by atoms with Gasteiger partial charge in [0.1, 0.15) is 6.61 Å². The van der Waals surface area contributed by atoms with E-state index in [1.54, 1.807) is 0 Å². The van der Waals surface area contributed by atoms with Crippen molar-refractivity contribution in [1.29, 1.82) is 0 Å². The molecule has 0 aromatic heterocycles. The minimum Gasteiger partial charge on any atom is -0.433 e. The van der Waals surface area contributed by atoms with E-state index in [1.807, 2.05) is 0 Å². The predicted octanol–water partition coefficient (Wildman–Crippen LogP) is 6.94. The van der Waals surface area contributed by atoms with E-state index in [4.69, 9.17) is 23.7 Å². The van der Waals surface area contributed by atoms with Crippen LogP contribution in [-0.2, 0) is 28.5 Å². The van der Waals surface area contributed by atoms with Crippen LogP contribution in [0.15, 0.2) is 0 Å². The summed E-state index contributed by atoms with van der Waals surface area (Å²) in [7, 11) is 0. The number of esters is 1. The van der Waals surface area contributed by atoms with Crippen LogP contribution in [0.4, 0.5) is 0 Å². The average molecular weight is 513 g/mol. The van der Waals surface area contributed by atoms with Gasteiger partial charge in [0.15, 0.2) is 0 Å². The average Bonchev–Trinajstić information content (AvgIpc) is 2.84. The van der Waals surface area contributed by atoms with Crippen LogP contribution < -0.4 is 0 Å². The molecule has 1 aliphatic heterocycles. The second kappa shape index (κ2) is 17.0. The molecule has 2 fully saturated rings. The third kappa shape index (κ3) is 9.89. The van der Waals surface area contributed by atoms with Crippen molar-refractivity contribution in [3.63, 3.8) is 0 Å². The zero-order valence-electron chi connectivity index (χ0n) is 24.1. The minimum atomic E-state index is -0.726. The molecule has 0 bridgehead atoms. The van der Waals surface area contributed by atoms with Gasteiger partial charge in [-0.15, -0.1) is 0 Å². The van der Waals surface area contributed by atoms with Crippen LogP contribution >= 0.6 is 0 Å². The molecule has 1 heterocycles. The summed E-state index contributed by atoms with van der Waals surface area (Å²) in [5, 5.41) is 0. The van der Waals surface area contributed by atoms with Gasteiger partial charge in [-0.2, -0.15) is 0 Å². The Morgan fingerprint density at radius 3 is 1.64 bits per heavy atom. The Hall–Kier alpha value is -0.690. The first-order valence-corrected chi connectivity index (χ1v) is 14.9. The second-order valence-corrected chi connectivity index (χ2v) is 11.8. The summed E-state index contributed by atoms with van der Waals surface area (Å²) in [4.78, 5) is 13.7. The van der Waals surface area contributed by atoms with Gasteiger partial charge in [-0.1, -0.05) is 98.8 Å². The molecule has 0 aromatic rings. The maximum Gasteiger partial charge on any atom is 0.311 e. The molecule has 6 nitrogen and oxygen atoms in total. The molecule has 1 aliphatic carbocycles. The van der Waals surface area contributed by atoms with Gasteiger partial charge >= 0.3 is 5.97 Å². The summed E-state index contributed by atoms with van der Waals surface area (Å²) < 4.78 is 28.5. The van der Waals surface area contributed by atoms with E-state index in [0.717, 1.165) is 19.3 Å². The molecule has 0 amide bonds. The number of ether oxygens (including phenoxy) is 5. The third-order valence-corrected chi connectivity index (χ3v) is 9.31. The van der Waals surface area contributed by atoms with Crippen molar-refractivity contribution >= 4 is 5.97 Å². The van der Waals surface area contributed by atoms with Gasteiger partial charge in [-0.05, 0) is 29.6 Å². The lowest BCUT2D eigenvalue weighted by Crippen LogP contribution is -2.49.